The number of methoxy groups -OCH3 is 1. The topological polar surface area (TPSA) is 61.8 Å². The van der Waals surface area contributed by atoms with E-state index in [0.717, 1.165) is 24.8 Å². The van der Waals surface area contributed by atoms with Gasteiger partial charge in [0.05, 0.1) is 25.9 Å². The van der Waals surface area contributed by atoms with Gasteiger partial charge in [0.15, 0.2) is 11.6 Å². The summed E-state index contributed by atoms with van der Waals surface area (Å²) in [4.78, 5) is 24.7. The zero-order valence-electron chi connectivity index (χ0n) is 11.9. The molecule has 0 saturated carbocycles. The number of carbonyl (C=O) groups excluding carboxylic acids is 2. The molecule has 0 radical (unpaired) electrons. The van der Waals surface area contributed by atoms with Crippen LogP contribution in [0.1, 0.15) is 32.6 Å². The third kappa shape index (κ3) is 1.91. The standard InChI is InChI=1S/C15H20O5/c1-9-8-10-4-3-5-15(19-6-7-20-15)12(10)13(16)11(9)14(17)18-2/h9,11H,3-8H2,1-2H3. The van der Waals surface area contributed by atoms with E-state index in [-0.39, 0.29) is 11.7 Å². The van der Waals surface area contributed by atoms with E-state index in [0.29, 0.717) is 25.2 Å². The number of carbonyl (C=O) groups is 2. The fraction of sp³-hybridized carbons (Fsp3) is 0.733. The molecule has 20 heavy (non-hydrogen) atoms. The average molecular weight is 280 g/mol. The van der Waals surface area contributed by atoms with Crippen LogP contribution < -0.4 is 0 Å². The minimum absolute atomic E-state index is 0.0229. The van der Waals surface area contributed by atoms with E-state index in [2.05, 4.69) is 0 Å². The Hall–Kier alpha value is -1.20. The molecule has 1 fully saturated rings. The molecule has 5 nitrogen and oxygen atoms in total. The van der Waals surface area contributed by atoms with Crippen LogP contribution in [0.15, 0.2) is 11.1 Å². The molecule has 0 aromatic heterocycles. The van der Waals surface area contributed by atoms with Crippen LogP contribution in [-0.4, -0.2) is 37.9 Å². The summed E-state index contributed by atoms with van der Waals surface area (Å²) >= 11 is 0. The number of hydrogen-bond acceptors (Lipinski definition) is 5. The van der Waals surface area contributed by atoms with Crippen LogP contribution in [-0.2, 0) is 23.8 Å². The predicted octanol–water partition coefficient (Wildman–Crippen LogP) is 1.61. The van der Waals surface area contributed by atoms with Gasteiger partial charge in [0.1, 0.15) is 5.92 Å². The van der Waals surface area contributed by atoms with Gasteiger partial charge in [-0.15, -0.1) is 0 Å². The summed E-state index contributed by atoms with van der Waals surface area (Å²) in [5.41, 5.74) is 1.71. The highest BCUT2D eigenvalue weighted by Crippen LogP contribution is 2.47. The SMILES string of the molecule is COC(=O)C1C(=O)C2=C(CCCC23OCCO3)CC1C. The first kappa shape index (κ1) is 13.8. The number of hydrogen-bond donors (Lipinski definition) is 0. The van der Waals surface area contributed by atoms with Crippen molar-refractivity contribution in [3.8, 4) is 0 Å². The summed E-state index contributed by atoms with van der Waals surface area (Å²) in [5.74, 6) is -2.25. The molecule has 1 spiro atoms. The van der Waals surface area contributed by atoms with E-state index in [9.17, 15) is 9.59 Å². The van der Waals surface area contributed by atoms with Gasteiger partial charge in [0, 0.05) is 6.42 Å². The van der Waals surface area contributed by atoms with Crippen molar-refractivity contribution in [3.63, 3.8) is 0 Å². The number of fused-ring (bicyclic) bond motifs is 1. The number of allylic oxidation sites excluding steroid dienone is 1. The Morgan fingerprint density at radius 2 is 2.05 bits per heavy atom. The monoisotopic (exact) mass is 280 g/mol. The van der Waals surface area contributed by atoms with Gasteiger partial charge in [0.2, 0.25) is 0 Å². The predicted molar refractivity (Wildman–Crippen MR) is 69.8 cm³/mol. The molecule has 3 aliphatic rings. The van der Waals surface area contributed by atoms with E-state index < -0.39 is 17.7 Å². The van der Waals surface area contributed by atoms with Crippen molar-refractivity contribution < 1.29 is 23.8 Å². The smallest absolute Gasteiger partial charge is 0.316 e. The second kappa shape index (κ2) is 4.97. The van der Waals surface area contributed by atoms with E-state index in [1.54, 1.807) is 0 Å². The first-order valence-corrected chi connectivity index (χ1v) is 7.21. The Kier molecular flexibility index (Phi) is 3.42. The van der Waals surface area contributed by atoms with Gasteiger partial charge in [-0.05, 0) is 25.2 Å². The van der Waals surface area contributed by atoms with Gasteiger partial charge in [-0.2, -0.15) is 0 Å². The van der Waals surface area contributed by atoms with Crippen molar-refractivity contribution in [3.05, 3.63) is 11.1 Å². The average Bonchev–Trinajstić information content (AvgIpc) is 2.87. The summed E-state index contributed by atoms with van der Waals surface area (Å²) in [6.07, 6.45) is 3.30. The highest BCUT2D eigenvalue weighted by molar-refractivity contribution is 6.10. The molecular weight excluding hydrogens is 260 g/mol. The molecule has 0 amide bonds. The third-order valence-electron chi connectivity index (χ3n) is 4.59. The lowest BCUT2D eigenvalue weighted by Crippen LogP contribution is -2.47. The van der Waals surface area contributed by atoms with Crippen LogP contribution >= 0.6 is 0 Å². The molecule has 1 heterocycles. The largest absolute Gasteiger partial charge is 0.468 e. The Balaban J connectivity index is 2.02. The second-order valence-corrected chi connectivity index (χ2v) is 5.83. The lowest BCUT2D eigenvalue weighted by Gasteiger charge is -2.40. The van der Waals surface area contributed by atoms with Crippen LogP contribution in [0, 0.1) is 11.8 Å². The molecule has 1 saturated heterocycles. The quantitative estimate of drug-likeness (QED) is 0.539. The van der Waals surface area contributed by atoms with Crippen molar-refractivity contribution in [2.75, 3.05) is 20.3 Å². The molecule has 110 valence electrons. The van der Waals surface area contributed by atoms with E-state index in [1.807, 2.05) is 6.92 Å². The number of ketones is 1. The molecule has 1 aliphatic heterocycles. The summed E-state index contributed by atoms with van der Waals surface area (Å²) in [5, 5.41) is 0. The van der Waals surface area contributed by atoms with Crippen LogP contribution in [0.4, 0.5) is 0 Å². The lowest BCUT2D eigenvalue weighted by molar-refractivity contribution is -0.160. The van der Waals surface area contributed by atoms with Gasteiger partial charge in [-0.1, -0.05) is 12.5 Å². The fourth-order valence-electron chi connectivity index (χ4n) is 3.75. The number of Topliss-reactive ketones (excluding diaryl/α,β-unsaturated/α-hetero) is 1. The van der Waals surface area contributed by atoms with Crippen LogP contribution in [0.3, 0.4) is 0 Å². The number of rotatable bonds is 1. The van der Waals surface area contributed by atoms with E-state index in [1.165, 1.54) is 7.11 Å². The minimum Gasteiger partial charge on any atom is -0.468 e. The molecule has 5 heteroatoms. The van der Waals surface area contributed by atoms with Gasteiger partial charge >= 0.3 is 5.97 Å². The summed E-state index contributed by atoms with van der Waals surface area (Å²) in [6.45, 7) is 2.94. The number of esters is 1. The molecule has 2 aliphatic carbocycles. The summed E-state index contributed by atoms with van der Waals surface area (Å²) in [7, 11) is 1.32. The normalized spacial score (nSPS) is 32.4. The maximum atomic E-state index is 12.8. The Labute approximate surface area is 118 Å². The van der Waals surface area contributed by atoms with Gasteiger partial charge in [-0.3, -0.25) is 9.59 Å². The highest BCUT2D eigenvalue weighted by atomic mass is 16.7. The molecule has 0 bridgehead atoms. The minimum atomic E-state index is -0.892. The Bertz CT molecular complexity index is 473. The van der Waals surface area contributed by atoms with Gasteiger partial charge in [0.25, 0.3) is 0 Å². The zero-order chi connectivity index (χ0) is 14.3. The van der Waals surface area contributed by atoms with Crippen LogP contribution in [0.25, 0.3) is 0 Å². The van der Waals surface area contributed by atoms with E-state index in [4.69, 9.17) is 14.2 Å². The van der Waals surface area contributed by atoms with Crippen molar-refractivity contribution in [2.24, 2.45) is 11.8 Å². The molecule has 2 unspecified atom stereocenters. The Morgan fingerprint density at radius 1 is 1.35 bits per heavy atom. The number of ether oxygens (including phenoxy) is 3. The summed E-state index contributed by atoms with van der Waals surface area (Å²) < 4.78 is 16.3. The Morgan fingerprint density at radius 3 is 2.70 bits per heavy atom. The van der Waals surface area contributed by atoms with E-state index >= 15 is 0 Å². The first-order chi connectivity index (χ1) is 9.59. The van der Waals surface area contributed by atoms with Crippen molar-refractivity contribution in [1.29, 1.82) is 0 Å². The summed E-state index contributed by atoms with van der Waals surface area (Å²) in [6, 6.07) is 0. The fourth-order valence-corrected chi connectivity index (χ4v) is 3.75. The maximum absolute atomic E-state index is 12.8. The van der Waals surface area contributed by atoms with Crippen molar-refractivity contribution in [1.82, 2.24) is 0 Å². The zero-order valence-corrected chi connectivity index (χ0v) is 11.9. The molecule has 0 aromatic carbocycles. The van der Waals surface area contributed by atoms with Crippen molar-refractivity contribution >= 4 is 11.8 Å². The third-order valence-corrected chi connectivity index (χ3v) is 4.59. The molecular formula is C15H20O5. The molecule has 0 N–H and O–H groups in total. The molecule has 2 atom stereocenters. The lowest BCUT2D eigenvalue weighted by atomic mass is 9.69. The van der Waals surface area contributed by atoms with Gasteiger partial charge in [-0.25, -0.2) is 0 Å². The maximum Gasteiger partial charge on any atom is 0.316 e. The second-order valence-electron chi connectivity index (χ2n) is 5.83. The van der Waals surface area contributed by atoms with Crippen molar-refractivity contribution in [2.45, 2.75) is 38.4 Å². The molecule has 0 aromatic rings. The van der Waals surface area contributed by atoms with Crippen LogP contribution in [0.5, 0.6) is 0 Å². The van der Waals surface area contributed by atoms with Crippen LogP contribution in [0.2, 0.25) is 0 Å². The van der Waals surface area contributed by atoms with Gasteiger partial charge < -0.3 is 14.2 Å². The highest BCUT2D eigenvalue weighted by Gasteiger charge is 2.52. The molecule has 3 rings (SSSR count). The first-order valence-electron chi connectivity index (χ1n) is 7.21.